The molecular formula is C10H12ClF3N2O2S. The molecule has 0 aliphatic rings. The largest absolute Gasteiger partial charge is 0.398 e. The fourth-order valence-corrected chi connectivity index (χ4v) is 2.70. The predicted molar refractivity (Wildman–Crippen MR) is 66.4 cm³/mol. The molecule has 19 heavy (non-hydrogen) atoms. The van der Waals surface area contributed by atoms with Crippen molar-refractivity contribution >= 4 is 27.3 Å². The second-order valence-electron chi connectivity index (χ2n) is 3.88. The van der Waals surface area contributed by atoms with Gasteiger partial charge in [-0.2, -0.15) is 13.2 Å². The second kappa shape index (κ2) is 5.56. The summed E-state index contributed by atoms with van der Waals surface area (Å²) in [6.07, 6.45) is -5.63. The zero-order chi connectivity index (χ0) is 14.8. The highest BCUT2D eigenvalue weighted by Crippen LogP contribution is 2.25. The minimum absolute atomic E-state index is 0.0327. The molecule has 1 rings (SSSR count). The molecule has 0 unspecified atom stereocenters. The van der Waals surface area contributed by atoms with Gasteiger partial charge in [0.05, 0.1) is 22.0 Å². The van der Waals surface area contributed by atoms with Crippen LogP contribution in [0.25, 0.3) is 0 Å². The summed E-state index contributed by atoms with van der Waals surface area (Å²) in [4.78, 5) is -0.198. The second-order valence-corrected chi connectivity index (χ2v) is 6.33. The molecule has 0 saturated carbocycles. The Kier molecular flexibility index (Phi) is 4.70. The number of alkyl halides is 3. The van der Waals surface area contributed by atoms with Gasteiger partial charge in [0.25, 0.3) is 0 Å². The fourth-order valence-electron chi connectivity index (χ4n) is 1.25. The summed E-state index contributed by atoms with van der Waals surface area (Å²) in [6.45, 7) is -0.659. The van der Waals surface area contributed by atoms with Crippen LogP contribution in [0.2, 0.25) is 5.02 Å². The van der Waals surface area contributed by atoms with Gasteiger partial charge in [-0.05, 0) is 18.2 Å². The topological polar surface area (TPSA) is 63.4 Å². The maximum atomic E-state index is 12.1. The highest BCUT2D eigenvalue weighted by molar-refractivity contribution is 7.89. The minimum Gasteiger partial charge on any atom is -0.398 e. The molecule has 4 nitrogen and oxygen atoms in total. The van der Waals surface area contributed by atoms with Crippen molar-refractivity contribution in [2.75, 3.05) is 19.3 Å². The Hall–Kier alpha value is -0.990. The number of nitrogens with zero attached hydrogens (tertiary/aromatic N) is 1. The average molecular weight is 317 g/mol. The van der Waals surface area contributed by atoms with Gasteiger partial charge >= 0.3 is 6.18 Å². The van der Waals surface area contributed by atoms with Crippen molar-refractivity contribution in [3.63, 3.8) is 0 Å². The zero-order valence-electron chi connectivity index (χ0n) is 9.91. The SMILES string of the molecule is CN(CCC(F)(F)F)S(=O)(=O)c1ccc(N)c(Cl)c1. The number of sulfonamides is 1. The van der Waals surface area contributed by atoms with Crippen LogP contribution < -0.4 is 5.73 Å². The van der Waals surface area contributed by atoms with E-state index in [0.717, 1.165) is 13.1 Å². The number of rotatable bonds is 4. The fraction of sp³-hybridized carbons (Fsp3) is 0.400. The quantitative estimate of drug-likeness (QED) is 0.868. The lowest BCUT2D eigenvalue weighted by molar-refractivity contribution is -0.135. The molecular weight excluding hydrogens is 305 g/mol. The van der Waals surface area contributed by atoms with E-state index in [-0.39, 0.29) is 15.6 Å². The van der Waals surface area contributed by atoms with Gasteiger partial charge in [0.1, 0.15) is 0 Å². The Balaban J connectivity index is 2.94. The molecule has 0 radical (unpaired) electrons. The first-order valence-corrected chi connectivity index (χ1v) is 6.94. The number of halogens is 4. The summed E-state index contributed by atoms with van der Waals surface area (Å²) >= 11 is 5.69. The van der Waals surface area contributed by atoms with Crippen LogP contribution in [0.15, 0.2) is 23.1 Å². The van der Waals surface area contributed by atoms with E-state index in [4.69, 9.17) is 17.3 Å². The van der Waals surface area contributed by atoms with E-state index in [0.29, 0.717) is 4.31 Å². The molecule has 108 valence electrons. The molecule has 0 fully saturated rings. The van der Waals surface area contributed by atoms with E-state index in [1.165, 1.54) is 12.1 Å². The number of hydrogen-bond acceptors (Lipinski definition) is 3. The number of nitrogens with two attached hydrogens (primary N) is 1. The third-order valence-electron chi connectivity index (χ3n) is 2.39. The van der Waals surface area contributed by atoms with Crippen molar-refractivity contribution in [1.29, 1.82) is 0 Å². The molecule has 0 aliphatic carbocycles. The van der Waals surface area contributed by atoms with Crippen LogP contribution >= 0.6 is 11.6 Å². The summed E-state index contributed by atoms with van der Waals surface area (Å²) in [7, 11) is -2.93. The molecule has 0 amide bonds. The van der Waals surface area contributed by atoms with Crippen LogP contribution in [-0.4, -0.2) is 32.5 Å². The Morgan fingerprint density at radius 1 is 1.37 bits per heavy atom. The highest BCUT2D eigenvalue weighted by atomic mass is 35.5. The van der Waals surface area contributed by atoms with Gasteiger partial charge in [-0.1, -0.05) is 11.6 Å². The summed E-state index contributed by atoms with van der Waals surface area (Å²) in [5.74, 6) is 0. The normalized spacial score (nSPS) is 12.9. The van der Waals surface area contributed by atoms with Gasteiger partial charge in [0.15, 0.2) is 0 Å². The molecule has 0 aromatic heterocycles. The molecule has 0 saturated heterocycles. The van der Waals surface area contributed by atoms with Crippen LogP contribution in [0.5, 0.6) is 0 Å². The lowest BCUT2D eigenvalue weighted by atomic mass is 10.3. The van der Waals surface area contributed by atoms with Crippen molar-refractivity contribution in [2.24, 2.45) is 0 Å². The van der Waals surface area contributed by atoms with Crippen LogP contribution in [0.1, 0.15) is 6.42 Å². The first-order chi connectivity index (χ1) is 8.54. The average Bonchev–Trinajstić information content (AvgIpc) is 2.28. The maximum Gasteiger partial charge on any atom is 0.390 e. The van der Waals surface area contributed by atoms with Gasteiger partial charge in [-0.25, -0.2) is 12.7 Å². The van der Waals surface area contributed by atoms with E-state index in [1.54, 1.807) is 0 Å². The Morgan fingerprint density at radius 2 is 1.95 bits per heavy atom. The van der Waals surface area contributed by atoms with Crippen LogP contribution in [0.3, 0.4) is 0 Å². The molecule has 0 spiro atoms. The van der Waals surface area contributed by atoms with Crippen molar-refractivity contribution in [3.05, 3.63) is 23.2 Å². The Bertz CT molecular complexity index is 560. The molecule has 1 aromatic rings. The molecule has 0 aliphatic heterocycles. The minimum atomic E-state index is -4.41. The molecule has 0 atom stereocenters. The molecule has 9 heteroatoms. The molecule has 0 bridgehead atoms. The third-order valence-corrected chi connectivity index (χ3v) is 4.57. The molecule has 0 heterocycles. The lowest BCUT2D eigenvalue weighted by Gasteiger charge is -2.18. The Labute approximate surface area is 114 Å². The number of anilines is 1. The summed E-state index contributed by atoms with van der Waals surface area (Å²) in [5, 5.41) is 0.0327. The van der Waals surface area contributed by atoms with E-state index in [2.05, 4.69) is 0 Å². The van der Waals surface area contributed by atoms with Gasteiger partial charge in [-0.3, -0.25) is 0 Å². The van der Waals surface area contributed by atoms with Crippen molar-refractivity contribution in [1.82, 2.24) is 4.31 Å². The highest BCUT2D eigenvalue weighted by Gasteiger charge is 2.30. The van der Waals surface area contributed by atoms with Crippen molar-refractivity contribution in [3.8, 4) is 0 Å². The molecule has 2 N–H and O–H groups in total. The van der Waals surface area contributed by atoms with E-state index < -0.39 is 29.2 Å². The van der Waals surface area contributed by atoms with E-state index >= 15 is 0 Å². The number of benzene rings is 1. The summed E-state index contributed by atoms with van der Waals surface area (Å²) in [5.41, 5.74) is 5.63. The first kappa shape index (κ1) is 16.1. The van der Waals surface area contributed by atoms with Gasteiger partial charge in [-0.15, -0.1) is 0 Å². The monoisotopic (exact) mass is 316 g/mol. The van der Waals surface area contributed by atoms with E-state index in [1.807, 2.05) is 0 Å². The summed E-state index contributed by atoms with van der Waals surface area (Å²) < 4.78 is 60.8. The van der Waals surface area contributed by atoms with Crippen LogP contribution in [-0.2, 0) is 10.0 Å². The van der Waals surface area contributed by atoms with Gasteiger partial charge < -0.3 is 5.73 Å². The lowest BCUT2D eigenvalue weighted by Crippen LogP contribution is -2.30. The third kappa shape index (κ3) is 4.26. The number of hydrogen-bond donors (Lipinski definition) is 1. The van der Waals surface area contributed by atoms with Gasteiger partial charge in [0.2, 0.25) is 10.0 Å². The zero-order valence-corrected chi connectivity index (χ0v) is 11.5. The molecule has 1 aromatic carbocycles. The standard InChI is InChI=1S/C10H12ClF3N2O2S/c1-16(5-4-10(12,13)14)19(17,18)7-2-3-9(15)8(11)6-7/h2-3,6H,4-5,15H2,1H3. The first-order valence-electron chi connectivity index (χ1n) is 5.12. The number of nitrogen functional groups attached to an aromatic ring is 1. The predicted octanol–water partition coefficient (Wildman–Crippen LogP) is 2.50. The van der Waals surface area contributed by atoms with E-state index in [9.17, 15) is 21.6 Å². The van der Waals surface area contributed by atoms with Crippen molar-refractivity contribution in [2.45, 2.75) is 17.5 Å². The summed E-state index contributed by atoms with van der Waals surface area (Å²) in [6, 6.07) is 3.59. The van der Waals surface area contributed by atoms with Gasteiger partial charge in [0, 0.05) is 13.6 Å². The maximum absolute atomic E-state index is 12.1. The smallest absolute Gasteiger partial charge is 0.390 e. The Morgan fingerprint density at radius 3 is 2.42 bits per heavy atom. The van der Waals surface area contributed by atoms with Crippen LogP contribution in [0.4, 0.5) is 18.9 Å². The van der Waals surface area contributed by atoms with Crippen LogP contribution in [0, 0.1) is 0 Å². The van der Waals surface area contributed by atoms with Crippen molar-refractivity contribution < 1.29 is 21.6 Å².